The SMILES string of the molecule is CC.CCC(F)(F)C(F)(F)C(F)(F)C(F)(F)C(F)(F)C(F)(F)C(F)(F)C(F)(F)F. The van der Waals surface area contributed by atoms with Gasteiger partial charge in [-0.2, -0.15) is 74.6 Å². The van der Waals surface area contributed by atoms with Crippen LogP contribution in [0.5, 0.6) is 0 Å². The van der Waals surface area contributed by atoms with Crippen LogP contribution in [0.25, 0.3) is 0 Å². The summed E-state index contributed by atoms with van der Waals surface area (Å²) in [7, 11) is 0. The van der Waals surface area contributed by atoms with E-state index in [2.05, 4.69) is 0 Å². The van der Waals surface area contributed by atoms with Crippen molar-refractivity contribution >= 4 is 0 Å². The monoisotopic (exact) mass is 478 g/mol. The van der Waals surface area contributed by atoms with Crippen molar-refractivity contribution in [2.45, 2.75) is 74.8 Å². The Labute approximate surface area is 151 Å². The highest BCUT2D eigenvalue weighted by atomic mass is 19.4. The maximum Gasteiger partial charge on any atom is 0.460 e. The molecule has 0 aliphatic carbocycles. The molecule has 0 aliphatic rings. The van der Waals surface area contributed by atoms with E-state index in [4.69, 9.17) is 0 Å². The van der Waals surface area contributed by atoms with Crippen LogP contribution >= 0.6 is 0 Å². The summed E-state index contributed by atoms with van der Waals surface area (Å²) in [5, 5.41) is 0. The summed E-state index contributed by atoms with van der Waals surface area (Å²) in [6, 6.07) is 0. The molecule has 0 nitrogen and oxygen atoms in total. The largest absolute Gasteiger partial charge is 0.460 e. The smallest absolute Gasteiger partial charge is 0.200 e. The molecule has 0 rings (SSSR count). The zero-order chi connectivity index (χ0) is 24.7. The lowest BCUT2D eigenvalue weighted by atomic mass is 9.88. The molecule has 0 bridgehead atoms. The van der Waals surface area contributed by atoms with Crippen molar-refractivity contribution in [2.24, 2.45) is 0 Å². The number of halogens is 17. The van der Waals surface area contributed by atoms with Crippen molar-refractivity contribution in [3.8, 4) is 0 Å². The van der Waals surface area contributed by atoms with Gasteiger partial charge in [0.1, 0.15) is 0 Å². The first-order valence-corrected chi connectivity index (χ1v) is 7.02. The van der Waals surface area contributed by atoms with Gasteiger partial charge in [0.15, 0.2) is 0 Å². The second-order valence-corrected chi connectivity index (χ2v) is 5.00. The van der Waals surface area contributed by atoms with E-state index in [1.54, 1.807) is 0 Å². The lowest BCUT2D eigenvalue weighted by molar-refractivity contribution is -0.461. The first-order chi connectivity index (χ1) is 12.3. The molecular weight excluding hydrogens is 467 g/mol. The van der Waals surface area contributed by atoms with Crippen molar-refractivity contribution in [1.82, 2.24) is 0 Å². The summed E-state index contributed by atoms with van der Waals surface area (Å²) < 4.78 is 215. The topological polar surface area (TPSA) is 0 Å². The Balaban J connectivity index is 0. The normalized spacial score (nSPS) is 15.7. The van der Waals surface area contributed by atoms with Gasteiger partial charge in [0.05, 0.1) is 0 Å². The second-order valence-electron chi connectivity index (χ2n) is 5.00. The Hall–Kier alpha value is -1.19. The zero-order valence-corrected chi connectivity index (χ0v) is 14.1. The third kappa shape index (κ3) is 3.93. The highest BCUT2D eigenvalue weighted by molar-refractivity contribution is 5.14. The molecule has 0 N–H and O–H groups in total. The summed E-state index contributed by atoms with van der Waals surface area (Å²) in [4.78, 5) is 0. The van der Waals surface area contributed by atoms with Crippen LogP contribution in [-0.4, -0.2) is 47.6 Å². The van der Waals surface area contributed by atoms with Crippen LogP contribution < -0.4 is 0 Å². The van der Waals surface area contributed by atoms with E-state index in [0.717, 1.165) is 0 Å². The highest BCUT2D eigenvalue weighted by Crippen LogP contribution is 2.64. The van der Waals surface area contributed by atoms with Crippen LogP contribution in [0.1, 0.15) is 27.2 Å². The maximum atomic E-state index is 13.1. The van der Waals surface area contributed by atoms with Crippen molar-refractivity contribution < 1.29 is 74.6 Å². The van der Waals surface area contributed by atoms with Gasteiger partial charge in [-0.3, -0.25) is 0 Å². The fourth-order valence-corrected chi connectivity index (χ4v) is 1.42. The molecule has 0 spiro atoms. The Kier molecular flexibility index (Phi) is 8.08. The minimum absolute atomic E-state index is 0.0628. The van der Waals surface area contributed by atoms with Crippen molar-refractivity contribution in [1.29, 1.82) is 0 Å². The minimum atomic E-state index is -8.56. The quantitative estimate of drug-likeness (QED) is 0.334. The Bertz CT molecular complexity index is 541. The molecule has 0 fully saturated rings. The number of hydrogen-bond acceptors (Lipinski definition) is 0. The third-order valence-corrected chi connectivity index (χ3v) is 3.23. The lowest BCUT2D eigenvalue weighted by Gasteiger charge is -2.42. The number of hydrogen-bond donors (Lipinski definition) is 0. The molecule has 17 heteroatoms. The molecule has 0 heterocycles. The van der Waals surface area contributed by atoms with Crippen LogP contribution in [0.2, 0.25) is 0 Å². The second kappa shape index (κ2) is 7.81. The van der Waals surface area contributed by atoms with E-state index in [9.17, 15) is 74.6 Å². The number of alkyl halides is 17. The molecule has 0 atom stereocenters. The molecule has 0 aromatic rings. The molecule has 0 amide bonds. The molecular formula is C12H11F17. The molecule has 0 unspecified atom stereocenters. The van der Waals surface area contributed by atoms with E-state index < -0.39 is 54.1 Å². The van der Waals surface area contributed by atoms with Crippen molar-refractivity contribution in [3.05, 3.63) is 0 Å². The Morgan fingerprint density at radius 3 is 0.793 bits per heavy atom. The third-order valence-electron chi connectivity index (χ3n) is 3.23. The van der Waals surface area contributed by atoms with Gasteiger partial charge >= 0.3 is 47.6 Å². The van der Waals surface area contributed by atoms with E-state index in [0.29, 0.717) is 0 Å². The highest BCUT2D eigenvalue weighted by Gasteiger charge is 2.95. The van der Waals surface area contributed by atoms with Crippen LogP contribution in [-0.2, 0) is 0 Å². The first kappa shape index (κ1) is 30.0. The predicted molar refractivity (Wildman–Crippen MR) is 62.3 cm³/mol. The molecule has 0 aromatic carbocycles. The van der Waals surface area contributed by atoms with Crippen LogP contribution in [0.15, 0.2) is 0 Å². The molecule has 0 saturated carbocycles. The Morgan fingerprint density at radius 2 is 0.586 bits per heavy atom. The van der Waals surface area contributed by atoms with Gasteiger partial charge in [0, 0.05) is 6.42 Å². The van der Waals surface area contributed by atoms with Crippen LogP contribution in [0.3, 0.4) is 0 Å². The molecule has 0 aliphatic heterocycles. The van der Waals surface area contributed by atoms with Gasteiger partial charge in [-0.05, 0) is 0 Å². The average molecular weight is 478 g/mol. The van der Waals surface area contributed by atoms with Gasteiger partial charge < -0.3 is 0 Å². The van der Waals surface area contributed by atoms with Gasteiger partial charge in [-0.25, -0.2) is 0 Å². The van der Waals surface area contributed by atoms with Crippen molar-refractivity contribution in [2.75, 3.05) is 0 Å². The van der Waals surface area contributed by atoms with Gasteiger partial charge in [0.2, 0.25) is 0 Å². The molecule has 0 saturated heterocycles. The van der Waals surface area contributed by atoms with Crippen molar-refractivity contribution in [3.63, 3.8) is 0 Å². The summed E-state index contributed by atoms with van der Waals surface area (Å²) in [5.74, 6) is -55.6. The van der Waals surface area contributed by atoms with Crippen LogP contribution in [0.4, 0.5) is 74.6 Å². The van der Waals surface area contributed by atoms with E-state index in [1.807, 2.05) is 13.8 Å². The summed E-state index contributed by atoms with van der Waals surface area (Å²) in [5.41, 5.74) is 0. The van der Waals surface area contributed by atoms with E-state index in [-0.39, 0.29) is 6.92 Å². The van der Waals surface area contributed by atoms with E-state index in [1.165, 1.54) is 0 Å². The summed E-state index contributed by atoms with van der Waals surface area (Å²) in [6.07, 6.45) is -10.2. The Morgan fingerprint density at radius 1 is 0.379 bits per heavy atom. The minimum Gasteiger partial charge on any atom is -0.200 e. The lowest BCUT2D eigenvalue weighted by Crippen LogP contribution is -2.74. The molecule has 0 radical (unpaired) electrons. The van der Waals surface area contributed by atoms with Gasteiger partial charge in [0.25, 0.3) is 0 Å². The predicted octanol–water partition coefficient (Wildman–Crippen LogP) is 7.43. The zero-order valence-electron chi connectivity index (χ0n) is 14.1. The fourth-order valence-electron chi connectivity index (χ4n) is 1.42. The van der Waals surface area contributed by atoms with Gasteiger partial charge in [-0.15, -0.1) is 0 Å². The fraction of sp³-hybridized carbons (Fsp3) is 1.00. The molecule has 29 heavy (non-hydrogen) atoms. The standard InChI is InChI=1S/C10H5F17.C2H6/c1-2-3(11,12)4(13,14)5(15,16)6(17,18)7(19,20)8(21,22)9(23,24)10(25,26)27;1-2/h2H2,1H3;1-2H3. The average Bonchev–Trinajstić information content (AvgIpc) is 2.54. The van der Waals surface area contributed by atoms with E-state index >= 15 is 0 Å². The number of rotatable bonds is 7. The molecule has 178 valence electrons. The first-order valence-electron chi connectivity index (χ1n) is 7.02. The van der Waals surface area contributed by atoms with Crippen LogP contribution in [0, 0.1) is 0 Å². The summed E-state index contributed by atoms with van der Waals surface area (Å²) in [6.45, 7) is 3.94. The summed E-state index contributed by atoms with van der Waals surface area (Å²) >= 11 is 0. The molecule has 0 aromatic heterocycles. The maximum absolute atomic E-state index is 13.1. The van der Waals surface area contributed by atoms with Gasteiger partial charge in [-0.1, -0.05) is 20.8 Å².